The number of pyridine rings is 2. The van der Waals surface area contributed by atoms with Gasteiger partial charge < -0.3 is 49.0 Å². The Kier molecular flexibility index (Phi) is 8.59. The van der Waals surface area contributed by atoms with E-state index in [2.05, 4.69) is 48.6 Å². The first-order valence-corrected chi connectivity index (χ1v) is 24.6. The molecule has 8 heterocycles. The molecule has 0 spiro atoms. The van der Waals surface area contributed by atoms with E-state index in [1.807, 2.05) is 60.4 Å². The number of nitrogens with zero attached hydrogens (tertiary/aromatic N) is 10. The van der Waals surface area contributed by atoms with Crippen LogP contribution >= 0.6 is 0 Å². The number of carbonyl (C=O) groups excluding carboxylic acids is 2. The van der Waals surface area contributed by atoms with E-state index in [0.29, 0.717) is 77.6 Å². The molecule has 8 aromatic rings. The number of fused-ring (bicyclic) bond motifs is 6. The van der Waals surface area contributed by atoms with Gasteiger partial charge in [-0.2, -0.15) is 0 Å². The van der Waals surface area contributed by atoms with Gasteiger partial charge in [-0.25, -0.2) is 19.9 Å². The molecule has 4 N–H and O–H groups in total. The minimum atomic E-state index is -0.619. The molecule has 2 aromatic carbocycles. The van der Waals surface area contributed by atoms with Crippen molar-refractivity contribution in [2.75, 3.05) is 40.4 Å². The number of carbonyl (C=O) groups is 2. The predicted molar refractivity (Wildman–Crippen MR) is 262 cm³/mol. The Hall–Kier alpha value is -6.78. The molecule has 6 aliphatic rings. The summed E-state index contributed by atoms with van der Waals surface area (Å²) >= 11 is 0. The van der Waals surface area contributed by atoms with Crippen molar-refractivity contribution in [2.45, 2.75) is 68.6 Å². The van der Waals surface area contributed by atoms with Crippen LogP contribution in [0.2, 0.25) is 0 Å². The second-order valence-corrected chi connectivity index (χ2v) is 21.4. The first kappa shape index (κ1) is 41.2. The Morgan fingerprint density at radius 2 is 1.26 bits per heavy atom. The third-order valence-corrected chi connectivity index (χ3v) is 16.9. The number of amides is 2. The lowest BCUT2D eigenvalue weighted by Gasteiger charge is -2.48. The summed E-state index contributed by atoms with van der Waals surface area (Å²) in [5.41, 5.74) is 22.0. The van der Waals surface area contributed by atoms with Gasteiger partial charge in [-0.3, -0.25) is 9.59 Å². The summed E-state index contributed by atoms with van der Waals surface area (Å²) in [7, 11) is 7.31. The fourth-order valence-electron chi connectivity index (χ4n) is 12.5. The third kappa shape index (κ3) is 6.19. The van der Waals surface area contributed by atoms with Gasteiger partial charge in [0.15, 0.2) is 11.6 Å². The van der Waals surface area contributed by atoms with Crippen molar-refractivity contribution in [3.05, 3.63) is 83.7 Å². The molecule has 1 unspecified atom stereocenters. The third-order valence-electron chi connectivity index (χ3n) is 16.9. The van der Waals surface area contributed by atoms with Gasteiger partial charge in [0.1, 0.15) is 33.8 Å². The Morgan fingerprint density at radius 1 is 0.696 bits per heavy atom. The van der Waals surface area contributed by atoms with Gasteiger partial charge in [-0.1, -0.05) is 0 Å². The average molecular weight is 925 g/mol. The first-order chi connectivity index (χ1) is 33.4. The average Bonchev–Trinajstić information content (AvgIpc) is 4.28. The van der Waals surface area contributed by atoms with Crippen molar-refractivity contribution in [2.24, 2.45) is 49.2 Å². The fourth-order valence-corrected chi connectivity index (χ4v) is 12.5. The smallest absolute Gasteiger partial charge is 0.254 e. The van der Waals surface area contributed by atoms with Gasteiger partial charge in [0.05, 0.1) is 36.6 Å². The molecule has 0 radical (unpaired) electrons. The van der Waals surface area contributed by atoms with E-state index < -0.39 is 5.54 Å². The highest BCUT2D eigenvalue weighted by molar-refractivity contribution is 6.02. The van der Waals surface area contributed by atoms with Crippen molar-refractivity contribution in [3.8, 4) is 34.5 Å². The van der Waals surface area contributed by atoms with E-state index in [0.717, 1.165) is 87.8 Å². The number of nitrogens with two attached hydrogens (primary N) is 2. The Labute approximate surface area is 398 Å². The van der Waals surface area contributed by atoms with Gasteiger partial charge in [-0.05, 0) is 123 Å². The van der Waals surface area contributed by atoms with Crippen LogP contribution in [-0.4, -0.2) is 111 Å². The highest BCUT2D eigenvalue weighted by Crippen LogP contribution is 2.53. The summed E-state index contributed by atoms with van der Waals surface area (Å²) in [4.78, 5) is 52.7. The van der Waals surface area contributed by atoms with E-state index in [9.17, 15) is 9.59 Å². The van der Waals surface area contributed by atoms with E-state index in [-0.39, 0.29) is 29.2 Å². The number of rotatable bonds is 11. The normalized spacial score (nSPS) is 25.0. The second kappa shape index (κ2) is 14.4. The van der Waals surface area contributed by atoms with Gasteiger partial charge >= 0.3 is 0 Å². The summed E-state index contributed by atoms with van der Waals surface area (Å²) < 4.78 is 20.7. The molecule has 14 rings (SSSR count). The number of imidazole rings is 2. The van der Waals surface area contributed by atoms with Crippen molar-refractivity contribution < 1.29 is 19.1 Å². The molecule has 5 atom stereocenters. The lowest BCUT2D eigenvalue weighted by molar-refractivity contribution is 0.0769. The van der Waals surface area contributed by atoms with E-state index in [1.54, 1.807) is 14.2 Å². The Morgan fingerprint density at radius 3 is 1.83 bits per heavy atom. The van der Waals surface area contributed by atoms with Crippen LogP contribution in [0.5, 0.6) is 11.5 Å². The minimum absolute atomic E-state index is 0.0173. The number of hydrogen-bond acceptors (Lipinski definition) is 10. The number of aromatic nitrogens is 8. The topological polar surface area (TPSA) is 182 Å². The number of likely N-dealkylation sites (tertiary alicyclic amines) is 2. The Bertz CT molecular complexity index is 3520. The molecule has 2 amide bonds. The SMILES string of the molecule is COc1cc(C(=O)N2C[C@@H]3CC(c4ccc5cc(-c6nc7cc(C(=O)N8C[C@H]9C[C@@]9(N)C8)cc(OC)c7n6C)n(CC6CC6)c5n4)[C@]3(N)C2)cc2nc(-c3cc4cccnc4n3CC3CC3)n(C)c12. The monoisotopic (exact) mass is 924 g/mol. The lowest BCUT2D eigenvalue weighted by atomic mass is 9.59. The molecular weight excluding hydrogens is 869 g/mol. The number of hydrogen-bond donors (Lipinski definition) is 2. The van der Waals surface area contributed by atoms with E-state index >= 15 is 0 Å². The summed E-state index contributed by atoms with van der Waals surface area (Å²) in [5.74, 6) is 4.40. The van der Waals surface area contributed by atoms with Crippen molar-refractivity contribution in [3.63, 3.8) is 0 Å². The molecule has 16 heteroatoms. The highest BCUT2D eigenvalue weighted by Gasteiger charge is 2.60. The molecule has 6 aromatic heterocycles. The maximum absolute atomic E-state index is 14.6. The standard InChI is InChI=1S/C53H56N12O4/c1-60-44-39(58-48(60)40-16-30-6-5-13-56-46(30)64(40)22-28-7-8-28)15-33(19-43(44)69-4)51(67)63-24-34-20-36(53(34,55)27-63)37-12-11-31-17-41(65(47(31)57-37)23-29-9-10-29)49-59-38-14-32(18-42(68-3)45(38)61(49)2)50(66)62-25-35-21-52(35,54)26-62/h5-6,11-19,28-29,34-36H,7-10,20-27,54-55H2,1-4H3/t34-,35+,36?,52+,53-/m0/s1. The van der Waals surface area contributed by atoms with Crippen LogP contribution in [-0.2, 0) is 27.2 Å². The van der Waals surface area contributed by atoms with Crippen LogP contribution in [0, 0.1) is 23.7 Å². The van der Waals surface area contributed by atoms with Gasteiger partial charge in [-0.15, -0.1) is 0 Å². The Balaban J connectivity index is 0.758. The number of piperidine rings is 1. The molecule has 0 bridgehead atoms. The zero-order valence-electron chi connectivity index (χ0n) is 39.5. The number of methoxy groups -OCH3 is 2. The summed E-state index contributed by atoms with van der Waals surface area (Å²) in [6.45, 7) is 4.00. The van der Waals surface area contributed by atoms with Crippen LogP contribution in [0.15, 0.2) is 66.9 Å². The van der Waals surface area contributed by atoms with Crippen LogP contribution < -0.4 is 20.9 Å². The predicted octanol–water partition coefficient (Wildman–Crippen LogP) is 6.46. The van der Waals surface area contributed by atoms with Crippen LogP contribution in [0.25, 0.3) is 67.2 Å². The van der Waals surface area contributed by atoms with Gasteiger partial charge in [0, 0.05) is 104 Å². The molecular formula is C53H56N12O4. The highest BCUT2D eigenvalue weighted by atomic mass is 16.5. The molecule has 69 heavy (non-hydrogen) atoms. The fraction of sp³-hybridized carbons (Fsp3) is 0.434. The van der Waals surface area contributed by atoms with Crippen LogP contribution in [0.1, 0.15) is 70.9 Å². The maximum Gasteiger partial charge on any atom is 0.254 e. The zero-order valence-corrected chi connectivity index (χ0v) is 39.5. The molecule has 2 saturated heterocycles. The molecule has 2 aliphatic heterocycles. The van der Waals surface area contributed by atoms with Crippen LogP contribution in [0.4, 0.5) is 0 Å². The largest absolute Gasteiger partial charge is 0.494 e. The number of ether oxygens (including phenoxy) is 2. The minimum Gasteiger partial charge on any atom is -0.494 e. The number of benzene rings is 2. The quantitative estimate of drug-likeness (QED) is 0.146. The van der Waals surface area contributed by atoms with Crippen molar-refractivity contribution in [1.29, 1.82) is 0 Å². The first-order valence-electron chi connectivity index (χ1n) is 24.6. The van der Waals surface area contributed by atoms with E-state index in [4.69, 9.17) is 40.9 Å². The zero-order chi connectivity index (χ0) is 46.8. The number of aryl methyl sites for hydroxylation is 2. The summed E-state index contributed by atoms with van der Waals surface area (Å²) in [6, 6.07) is 20.2. The maximum atomic E-state index is 14.6. The molecule has 352 valence electrons. The van der Waals surface area contributed by atoms with Gasteiger partial charge in [0.25, 0.3) is 11.8 Å². The molecule has 6 fully saturated rings. The van der Waals surface area contributed by atoms with Crippen molar-refractivity contribution in [1.82, 2.24) is 48.0 Å². The van der Waals surface area contributed by atoms with E-state index in [1.165, 1.54) is 25.7 Å². The molecule has 4 saturated carbocycles. The summed E-state index contributed by atoms with van der Waals surface area (Å²) in [5, 5.41) is 2.11. The molecule has 4 aliphatic carbocycles. The van der Waals surface area contributed by atoms with Gasteiger partial charge in [0.2, 0.25) is 0 Å². The van der Waals surface area contributed by atoms with Crippen LogP contribution in [0.3, 0.4) is 0 Å². The second-order valence-electron chi connectivity index (χ2n) is 21.4. The lowest BCUT2D eigenvalue weighted by Crippen LogP contribution is -2.61. The summed E-state index contributed by atoms with van der Waals surface area (Å²) in [6.07, 6.45) is 8.47. The molecule has 16 nitrogen and oxygen atoms in total. The van der Waals surface area contributed by atoms with Crippen molar-refractivity contribution >= 4 is 55.9 Å².